The van der Waals surface area contributed by atoms with Gasteiger partial charge in [0, 0.05) is 12.4 Å². The number of carbonyl (C=O) groups is 1. The van der Waals surface area contributed by atoms with E-state index in [-0.39, 0.29) is 12.0 Å². The summed E-state index contributed by atoms with van der Waals surface area (Å²) < 4.78 is 11.6. The van der Waals surface area contributed by atoms with E-state index in [0.29, 0.717) is 18.9 Å². The lowest BCUT2D eigenvalue weighted by Gasteiger charge is -2.29. The maximum Gasteiger partial charge on any atom is 0.232 e. The van der Waals surface area contributed by atoms with Crippen molar-refractivity contribution in [3.05, 3.63) is 54.9 Å². The molecule has 3 aromatic rings. The Bertz CT molecular complexity index is 961. The third kappa shape index (κ3) is 3.98. The molecule has 138 valence electrons. The van der Waals surface area contributed by atoms with Crippen LogP contribution in [-0.2, 0) is 4.79 Å². The van der Waals surface area contributed by atoms with Gasteiger partial charge < -0.3 is 14.4 Å². The number of hydrogen-bond donors (Lipinski definition) is 0. The molecule has 0 aliphatic carbocycles. The number of thioether (sulfide) groups is 1. The van der Waals surface area contributed by atoms with E-state index >= 15 is 0 Å². The molecule has 0 N–H and O–H groups in total. The number of hydrogen-bond acceptors (Lipinski definition) is 6. The van der Waals surface area contributed by atoms with Crippen LogP contribution in [0.25, 0.3) is 10.9 Å². The third-order valence-corrected chi connectivity index (χ3v) is 5.30. The van der Waals surface area contributed by atoms with Gasteiger partial charge in [0.25, 0.3) is 0 Å². The SMILES string of the molecule is CN(C[C@@H]1COc2ccccc2O1)C(=O)CSc1ncnc2ccccc12. The van der Waals surface area contributed by atoms with Crippen LogP contribution in [0.5, 0.6) is 11.5 Å². The quantitative estimate of drug-likeness (QED) is 0.500. The molecule has 0 saturated heterocycles. The molecule has 1 amide bonds. The molecule has 2 heterocycles. The number of nitrogens with zero attached hydrogens (tertiary/aromatic N) is 3. The highest BCUT2D eigenvalue weighted by Crippen LogP contribution is 2.31. The largest absolute Gasteiger partial charge is 0.486 e. The smallest absolute Gasteiger partial charge is 0.232 e. The molecule has 7 heteroatoms. The minimum Gasteiger partial charge on any atom is -0.486 e. The van der Waals surface area contributed by atoms with Crippen molar-refractivity contribution in [2.45, 2.75) is 11.1 Å². The van der Waals surface area contributed by atoms with Gasteiger partial charge in [-0.15, -0.1) is 0 Å². The Balaban J connectivity index is 1.34. The second kappa shape index (κ2) is 7.84. The van der Waals surface area contributed by atoms with Gasteiger partial charge in [0.15, 0.2) is 17.6 Å². The van der Waals surface area contributed by atoms with E-state index in [4.69, 9.17) is 9.47 Å². The summed E-state index contributed by atoms with van der Waals surface area (Å²) in [6.45, 7) is 0.899. The summed E-state index contributed by atoms with van der Waals surface area (Å²) in [5.74, 6) is 1.79. The van der Waals surface area contributed by atoms with Crippen molar-refractivity contribution in [2.24, 2.45) is 0 Å². The number of carbonyl (C=O) groups excluding carboxylic acids is 1. The van der Waals surface area contributed by atoms with Crippen LogP contribution in [0.2, 0.25) is 0 Å². The molecule has 0 spiro atoms. The van der Waals surface area contributed by atoms with Crippen molar-refractivity contribution in [3.8, 4) is 11.5 Å². The van der Waals surface area contributed by atoms with Crippen LogP contribution in [-0.4, -0.2) is 52.8 Å². The maximum atomic E-state index is 12.5. The van der Waals surface area contributed by atoms with Gasteiger partial charge in [-0.25, -0.2) is 9.97 Å². The maximum absolute atomic E-state index is 12.5. The number of ether oxygens (including phenoxy) is 2. The monoisotopic (exact) mass is 381 g/mol. The normalized spacial score (nSPS) is 15.5. The summed E-state index contributed by atoms with van der Waals surface area (Å²) in [5.41, 5.74) is 0.877. The standard InChI is InChI=1S/C20H19N3O3S/c1-23(10-14-11-25-17-8-4-5-9-18(17)26-14)19(24)12-27-20-15-6-2-3-7-16(15)21-13-22-20/h2-9,13-14H,10-12H2,1H3/t14-/m1/s1. The average Bonchev–Trinajstić information content (AvgIpc) is 2.71. The second-order valence-corrected chi connectivity index (χ2v) is 7.22. The summed E-state index contributed by atoms with van der Waals surface area (Å²) in [7, 11) is 1.78. The Morgan fingerprint density at radius 3 is 2.81 bits per heavy atom. The fourth-order valence-electron chi connectivity index (χ4n) is 2.90. The molecule has 6 nitrogen and oxygen atoms in total. The number of likely N-dealkylation sites (N-methyl/N-ethyl adjacent to an activating group) is 1. The Kier molecular flexibility index (Phi) is 5.11. The van der Waals surface area contributed by atoms with Gasteiger partial charge in [0.2, 0.25) is 5.91 Å². The molecule has 0 unspecified atom stereocenters. The average molecular weight is 381 g/mol. The van der Waals surface area contributed by atoms with Crippen LogP contribution in [0.3, 0.4) is 0 Å². The Hall–Kier alpha value is -2.80. The molecule has 0 saturated carbocycles. The van der Waals surface area contributed by atoms with Gasteiger partial charge in [-0.2, -0.15) is 0 Å². The summed E-state index contributed by atoms with van der Waals surface area (Å²) in [5, 5.41) is 1.77. The van der Waals surface area contributed by atoms with Gasteiger partial charge in [0.1, 0.15) is 18.0 Å². The summed E-state index contributed by atoms with van der Waals surface area (Å²) in [6, 6.07) is 15.4. The molecule has 0 bridgehead atoms. The van der Waals surface area contributed by atoms with Gasteiger partial charge in [0.05, 0.1) is 17.8 Å². The van der Waals surface area contributed by atoms with E-state index in [0.717, 1.165) is 27.4 Å². The predicted molar refractivity (Wildman–Crippen MR) is 104 cm³/mol. The number of aromatic nitrogens is 2. The minimum absolute atomic E-state index is 0.0187. The van der Waals surface area contributed by atoms with Crippen LogP contribution in [0.4, 0.5) is 0 Å². The van der Waals surface area contributed by atoms with Crippen LogP contribution < -0.4 is 9.47 Å². The zero-order valence-electron chi connectivity index (χ0n) is 14.9. The van der Waals surface area contributed by atoms with E-state index in [1.165, 1.54) is 18.1 Å². The molecular weight excluding hydrogens is 362 g/mol. The Morgan fingerprint density at radius 1 is 1.15 bits per heavy atom. The van der Waals surface area contributed by atoms with Crippen molar-refractivity contribution in [1.82, 2.24) is 14.9 Å². The molecular formula is C20H19N3O3S. The van der Waals surface area contributed by atoms with Crippen molar-refractivity contribution in [1.29, 1.82) is 0 Å². The summed E-state index contributed by atoms with van der Waals surface area (Å²) in [6.07, 6.45) is 1.35. The first-order valence-electron chi connectivity index (χ1n) is 8.65. The predicted octanol–water partition coefficient (Wildman–Crippen LogP) is 3.02. The molecule has 2 aromatic carbocycles. The van der Waals surface area contributed by atoms with Gasteiger partial charge >= 0.3 is 0 Å². The molecule has 1 aromatic heterocycles. The lowest BCUT2D eigenvalue weighted by atomic mass is 10.2. The highest BCUT2D eigenvalue weighted by molar-refractivity contribution is 8.00. The molecule has 0 fully saturated rings. The Labute approximate surface area is 161 Å². The zero-order chi connectivity index (χ0) is 18.6. The van der Waals surface area contributed by atoms with Crippen LogP contribution in [0.1, 0.15) is 0 Å². The molecule has 4 rings (SSSR count). The molecule has 0 radical (unpaired) electrons. The van der Waals surface area contributed by atoms with Gasteiger partial charge in [-0.1, -0.05) is 42.1 Å². The lowest BCUT2D eigenvalue weighted by Crippen LogP contribution is -2.42. The van der Waals surface area contributed by atoms with Gasteiger partial charge in [-0.05, 0) is 18.2 Å². The number of benzene rings is 2. The topological polar surface area (TPSA) is 64.6 Å². The highest BCUT2D eigenvalue weighted by atomic mass is 32.2. The van der Waals surface area contributed by atoms with Crippen molar-refractivity contribution < 1.29 is 14.3 Å². The van der Waals surface area contributed by atoms with Crippen molar-refractivity contribution in [3.63, 3.8) is 0 Å². The van der Waals surface area contributed by atoms with E-state index < -0.39 is 0 Å². The van der Waals surface area contributed by atoms with E-state index in [1.54, 1.807) is 11.9 Å². The number of amides is 1. The van der Waals surface area contributed by atoms with Crippen LogP contribution in [0.15, 0.2) is 59.9 Å². The zero-order valence-corrected chi connectivity index (χ0v) is 15.7. The first-order chi connectivity index (χ1) is 13.2. The number of rotatable bonds is 5. The van der Waals surface area contributed by atoms with Crippen molar-refractivity contribution in [2.75, 3.05) is 26.0 Å². The van der Waals surface area contributed by atoms with Gasteiger partial charge in [-0.3, -0.25) is 4.79 Å². The van der Waals surface area contributed by atoms with E-state index in [1.807, 2.05) is 48.5 Å². The first kappa shape index (κ1) is 17.6. The third-order valence-electron chi connectivity index (χ3n) is 4.31. The molecule has 1 aliphatic rings. The number of para-hydroxylation sites is 3. The minimum atomic E-state index is -0.182. The highest BCUT2D eigenvalue weighted by Gasteiger charge is 2.23. The fourth-order valence-corrected chi connectivity index (χ4v) is 3.83. The second-order valence-electron chi connectivity index (χ2n) is 6.26. The molecule has 27 heavy (non-hydrogen) atoms. The number of fused-ring (bicyclic) bond motifs is 2. The Morgan fingerprint density at radius 2 is 1.93 bits per heavy atom. The first-order valence-corrected chi connectivity index (χ1v) is 9.64. The van der Waals surface area contributed by atoms with E-state index in [9.17, 15) is 4.79 Å². The molecule has 1 aliphatic heterocycles. The fraction of sp³-hybridized carbons (Fsp3) is 0.250. The van der Waals surface area contributed by atoms with Crippen LogP contribution in [0, 0.1) is 0 Å². The lowest BCUT2D eigenvalue weighted by molar-refractivity contribution is -0.128. The summed E-state index contributed by atoms with van der Waals surface area (Å²) in [4.78, 5) is 22.8. The van der Waals surface area contributed by atoms with E-state index in [2.05, 4.69) is 9.97 Å². The molecule has 1 atom stereocenters. The van der Waals surface area contributed by atoms with Crippen LogP contribution >= 0.6 is 11.8 Å². The summed E-state index contributed by atoms with van der Waals surface area (Å²) >= 11 is 1.42. The van der Waals surface area contributed by atoms with Crippen molar-refractivity contribution >= 4 is 28.6 Å².